The molecule has 0 aromatic carbocycles. The highest BCUT2D eigenvalue weighted by Gasteiger charge is 2.38. The lowest BCUT2D eigenvalue weighted by Crippen LogP contribution is -2.21. The van der Waals surface area contributed by atoms with E-state index >= 15 is 0 Å². The Bertz CT molecular complexity index is 380. The quantitative estimate of drug-likeness (QED) is 0.633. The fourth-order valence-electron chi connectivity index (χ4n) is 0.743. The second kappa shape index (κ2) is 2.82. The van der Waals surface area contributed by atoms with Crippen molar-refractivity contribution in [1.82, 2.24) is 4.98 Å². The number of nitrogens with one attached hydrogen (secondary N) is 1. The SMILES string of the molecule is O=c1[nH]cc(F)c(C(F)(F)F)c1F. The van der Waals surface area contributed by atoms with E-state index in [1.807, 2.05) is 0 Å². The number of halogens is 5. The summed E-state index contributed by atoms with van der Waals surface area (Å²) in [6.07, 6.45) is -5.04. The third kappa shape index (κ3) is 1.68. The molecule has 0 amide bonds. The van der Waals surface area contributed by atoms with Gasteiger partial charge >= 0.3 is 6.18 Å². The summed E-state index contributed by atoms with van der Waals surface area (Å²) in [5.74, 6) is -4.00. The molecule has 0 aliphatic carbocycles. The van der Waals surface area contributed by atoms with Crippen molar-refractivity contribution in [2.75, 3.05) is 0 Å². The molecule has 1 N–H and O–H groups in total. The molecule has 2 nitrogen and oxygen atoms in total. The van der Waals surface area contributed by atoms with E-state index in [1.165, 1.54) is 4.98 Å². The molecular weight excluding hydrogens is 197 g/mol. The highest BCUT2D eigenvalue weighted by molar-refractivity contribution is 5.18. The number of aromatic nitrogens is 1. The first-order valence-corrected chi connectivity index (χ1v) is 2.98. The molecule has 1 aromatic heterocycles. The molecule has 1 rings (SSSR count). The van der Waals surface area contributed by atoms with Gasteiger partial charge in [-0.05, 0) is 0 Å². The largest absolute Gasteiger partial charge is 0.422 e. The Hall–Kier alpha value is -1.40. The molecule has 0 spiro atoms. The van der Waals surface area contributed by atoms with Crippen LogP contribution in [0.1, 0.15) is 5.56 Å². The third-order valence-corrected chi connectivity index (χ3v) is 1.27. The summed E-state index contributed by atoms with van der Waals surface area (Å²) in [5.41, 5.74) is -3.77. The Balaban J connectivity index is 3.52. The van der Waals surface area contributed by atoms with Crippen LogP contribution in [0.25, 0.3) is 0 Å². The van der Waals surface area contributed by atoms with E-state index in [4.69, 9.17) is 0 Å². The molecule has 0 aliphatic heterocycles. The van der Waals surface area contributed by atoms with E-state index in [-0.39, 0.29) is 6.20 Å². The molecule has 0 bridgehead atoms. The van der Waals surface area contributed by atoms with Gasteiger partial charge in [-0.15, -0.1) is 0 Å². The lowest BCUT2D eigenvalue weighted by Gasteiger charge is -2.07. The van der Waals surface area contributed by atoms with Crippen molar-refractivity contribution in [2.24, 2.45) is 0 Å². The van der Waals surface area contributed by atoms with Crippen LogP contribution in [0.2, 0.25) is 0 Å². The van der Waals surface area contributed by atoms with Crippen molar-refractivity contribution in [2.45, 2.75) is 6.18 Å². The second-order valence-electron chi connectivity index (χ2n) is 2.15. The minimum Gasteiger partial charge on any atom is -0.324 e. The Morgan fingerprint density at radius 3 is 2.15 bits per heavy atom. The van der Waals surface area contributed by atoms with E-state index < -0.39 is 28.9 Å². The molecular formula is C6H2F5NO. The Labute approximate surface area is 68.0 Å². The second-order valence-corrected chi connectivity index (χ2v) is 2.15. The molecule has 1 heterocycles. The molecule has 1 aromatic rings. The lowest BCUT2D eigenvalue weighted by atomic mass is 10.2. The zero-order valence-corrected chi connectivity index (χ0v) is 5.88. The van der Waals surface area contributed by atoms with Gasteiger partial charge in [0.25, 0.3) is 5.56 Å². The predicted octanol–water partition coefficient (Wildman–Crippen LogP) is 1.67. The molecule has 0 fully saturated rings. The van der Waals surface area contributed by atoms with Gasteiger partial charge in [-0.25, -0.2) is 8.78 Å². The van der Waals surface area contributed by atoms with Gasteiger partial charge in [0.15, 0.2) is 5.82 Å². The lowest BCUT2D eigenvalue weighted by molar-refractivity contribution is -0.142. The highest BCUT2D eigenvalue weighted by Crippen LogP contribution is 2.31. The van der Waals surface area contributed by atoms with Gasteiger partial charge in [0.2, 0.25) is 5.82 Å². The minimum absolute atomic E-state index is 0.161. The number of rotatable bonds is 0. The third-order valence-electron chi connectivity index (χ3n) is 1.27. The average Bonchev–Trinajstić information content (AvgIpc) is 1.95. The summed E-state index contributed by atoms with van der Waals surface area (Å²) < 4.78 is 60.4. The van der Waals surface area contributed by atoms with E-state index in [0.717, 1.165) is 0 Å². The van der Waals surface area contributed by atoms with Crippen LogP contribution in [0.4, 0.5) is 22.0 Å². The minimum atomic E-state index is -5.21. The molecule has 0 atom stereocenters. The predicted molar refractivity (Wildman–Crippen MR) is 32.0 cm³/mol. The molecule has 0 unspecified atom stereocenters. The van der Waals surface area contributed by atoms with Crippen molar-refractivity contribution in [3.63, 3.8) is 0 Å². The van der Waals surface area contributed by atoms with Crippen LogP contribution in [0.3, 0.4) is 0 Å². The van der Waals surface area contributed by atoms with Crippen LogP contribution < -0.4 is 5.56 Å². The van der Waals surface area contributed by atoms with Gasteiger partial charge in [0.05, 0.1) is 0 Å². The summed E-state index contributed by atoms with van der Waals surface area (Å²) in [5, 5.41) is 0. The van der Waals surface area contributed by atoms with Crippen molar-refractivity contribution in [1.29, 1.82) is 0 Å². The van der Waals surface area contributed by atoms with Crippen LogP contribution >= 0.6 is 0 Å². The molecule has 0 radical (unpaired) electrons. The first-order valence-electron chi connectivity index (χ1n) is 2.98. The maximum atomic E-state index is 12.5. The molecule has 0 saturated carbocycles. The molecule has 7 heteroatoms. The van der Waals surface area contributed by atoms with E-state index in [2.05, 4.69) is 0 Å². The van der Waals surface area contributed by atoms with Crippen LogP contribution in [0, 0.1) is 11.6 Å². The smallest absolute Gasteiger partial charge is 0.324 e. The van der Waals surface area contributed by atoms with Crippen molar-refractivity contribution < 1.29 is 22.0 Å². The Kier molecular flexibility index (Phi) is 2.10. The number of hydrogen-bond acceptors (Lipinski definition) is 1. The summed E-state index contributed by atoms with van der Waals surface area (Å²) >= 11 is 0. The van der Waals surface area contributed by atoms with E-state index in [0.29, 0.717) is 0 Å². The van der Waals surface area contributed by atoms with Crippen molar-refractivity contribution >= 4 is 0 Å². The number of H-pyrrole nitrogens is 1. The van der Waals surface area contributed by atoms with Gasteiger partial charge in [0, 0.05) is 6.20 Å². The molecule has 13 heavy (non-hydrogen) atoms. The zero-order chi connectivity index (χ0) is 10.2. The van der Waals surface area contributed by atoms with E-state index in [9.17, 15) is 26.7 Å². The maximum absolute atomic E-state index is 12.5. The van der Waals surface area contributed by atoms with Gasteiger partial charge < -0.3 is 4.98 Å². The molecule has 72 valence electrons. The maximum Gasteiger partial charge on any atom is 0.422 e. The van der Waals surface area contributed by atoms with Gasteiger partial charge in [-0.3, -0.25) is 4.79 Å². The number of hydrogen-bond donors (Lipinski definition) is 1. The standard InChI is InChI=1S/C6H2F5NO/c7-2-1-12-5(13)4(8)3(2)6(9,10)11/h1H,(H,12,13). The first kappa shape index (κ1) is 9.69. The van der Waals surface area contributed by atoms with Gasteiger partial charge in [0.1, 0.15) is 5.56 Å². The van der Waals surface area contributed by atoms with Crippen LogP contribution in [0.15, 0.2) is 11.0 Å². The number of aromatic amines is 1. The fourth-order valence-corrected chi connectivity index (χ4v) is 0.743. The van der Waals surface area contributed by atoms with Crippen LogP contribution in [0.5, 0.6) is 0 Å². The Morgan fingerprint density at radius 2 is 1.77 bits per heavy atom. The summed E-state index contributed by atoms with van der Waals surface area (Å²) in [6.45, 7) is 0. The topological polar surface area (TPSA) is 32.9 Å². The molecule has 0 aliphatic rings. The fraction of sp³-hybridized carbons (Fsp3) is 0.167. The zero-order valence-electron chi connectivity index (χ0n) is 5.88. The average molecular weight is 199 g/mol. The highest BCUT2D eigenvalue weighted by atomic mass is 19.4. The monoisotopic (exact) mass is 199 g/mol. The van der Waals surface area contributed by atoms with Crippen molar-refractivity contribution in [3.8, 4) is 0 Å². The normalized spacial score (nSPS) is 11.8. The van der Waals surface area contributed by atoms with Crippen molar-refractivity contribution in [3.05, 3.63) is 33.7 Å². The van der Waals surface area contributed by atoms with E-state index in [1.54, 1.807) is 0 Å². The Morgan fingerprint density at radius 1 is 1.23 bits per heavy atom. The number of alkyl halides is 3. The molecule has 0 saturated heterocycles. The van der Waals surface area contributed by atoms with Gasteiger partial charge in [-0.2, -0.15) is 13.2 Å². The van der Waals surface area contributed by atoms with Gasteiger partial charge in [-0.1, -0.05) is 0 Å². The van der Waals surface area contributed by atoms with Crippen LogP contribution in [-0.4, -0.2) is 4.98 Å². The first-order chi connectivity index (χ1) is 5.84. The summed E-state index contributed by atoms with van der Waals surface area (Å²) in [4.78, 5) is 11.8. The summed E-state index contributed by atoms with van der Waals surface area (Å²) in [6, 6.07) is 0. The number of pyridine rings is 1. The summed E-state index contributed by atoms with van der Waals surface area (Å²) in [7, 11) is 0. The van der Waals surface area contributed by atoms with Crippen LogP contribution in [-0.2, 0) is 6.18 Å².